The van der Waals surface area contributed by atoms with Crippen LogP contribution in [0.3, 0.4) is 0 Å². The molecule has 1 amide bonds. The highest BCUT2D eigenvalue weighted by Gasteiger charge is 2.28. The van der Waals surface area contributed by atoms with Crippen LogP contribution in [0.2, 0.25) is 0 Å². The van der Waals surface area contributed by atoms with Crippen molar-refractivity contribution in [2.24, 2.45) is 5.73 Å². The lowest BCUT2D eigenvalue weighted by atomic mass is 10.1. The molecule has 2 aromatic carbocycles. The molecule has 0 spiro atoms. The second-order valence-electron chi connectivity index (χ2n) is 12.2. The number of nitrogens with one attached hydrogen (secondary N) is 2. The third-order valence-corrected chi connectivity index (χ3v) is 7.97. The number of ether oxygens (including phenoxy) is 2. The van der Waals surface area contributed by atoms with Crippen molar-refractivity contribution in [1.29, 1.82) is 0 Å². The number of halogens is 4. The number of rotatable bonds is 14. The van der Waals surface area contributed by atoms with Crippen LogP contribution in [0.15, 0.2) is 77.9 Å². The number of carbonyl (C=O) groups excluding carboxylic acids is 1. The molecule has 4 heterocycles. The first-order valence-corrected chi connectivity index (χ1v) is 16.4. The average Bonchev–Trinajstić information content (AvgIpc) is 3.75. The molecule has 1 unspecified atom stereocenters. The van der Waals surface area contributed by atoms with E-state index in [0.29, 0.717) is 33.9 Å². The van der Waals surface area contributed by atoms with Crippen molar-refractivity contribution in [3.8, 4) is 23.0 Å². The Labute approximate surface area is 310 Å². The van der Waals surface area contributed by atoms with Crippen molar-refractivity contribution in [3.05, 3.63) is 129 Å². The average molecular weight is 765 g/mol. The number of aliphatic hydroxyl groups is 1. The van der Waals surface area contributed by atoms with E-state index in [1.807, 2.05) is 0 Å². The molecule has 15 nitrogen and oxygen atoms in total. The summed E-state index contributed by atoms with van der Waals surface area (Å²) in [6, 6.07) is 16.0. The van der Waals surface area contributed by atoms with Gasteiger partial charge in [-0.3, -0.25) is 19.0 Å². The number of nitrogens with zero attached hydrogens (tertiary/aromatic N) is 7. The van der Waals surface area contributed by atoms with Gasteiger partial charge in [0.2, 0.25) is 5.82 Å². The SMILES string of the molecule is COCc1cc(-c2ncc(F)c(=O)[nH]2)nn1Cc1ccccc1F.COCc1cc(-c2ncc(F)c(NCC(C)(O)C(N)=O)n2)nn1Cc1ccccc1F. The van der Waals surface area contributed by atoms with E-state index in [4.69, 9.17) is 15.2 Å². The first kappa shape index (κ1) is 39.9. The van der Waals surface area contributed by atoms with Gasteiger partial charge in [0.05, 0.1) is 56.6 Å². The number of amides is 1. The highest BCUT2D eigenvalue weighted by Crippen LogP contribution is 2.22. The predicted octanol–water partition coefficient (Wildman–Crippen LogP) is 3.57. The van der Waals surface area contributed by atoms with Gasteiger partial charge in [-0.05, 0) is 31.2 Å². The number of hydrogen-bond donors (Lipinski definition) is 4. The second-order valence-corrected chi connectivity index (χ2v) is 12.2. The Balaban J connectivity index is 0.000000218. The smallest absolute Gasteiger partial charge is 0.287 e. The fourth-order valence-corrected chi connectivity index (χ4v) is 4.98. The molecule has 0 fully saturated rings. The normalized spacial score (nSPS) is 12.1. The molecule has 1 atom stereocenters. The van der Waals surface area contributed by atoms with Crippen LogP contribution in [0.4, 0.5) is 23.4 Å². The molecule has 0 aliphatic carbocycles. The van der Waals surface area contributed by atoms with Crippen molar-refractivity contribution in [3.63, 3.8) is 0 Å². The van der Waals surface area contributed by atoms with Gasteiger partial charge in [0, 0.05) is 25.3 Å². The van der Waals surface area contributed by atoms with Crippen molar-refractivity contribution in [2.45, 2.75) is 38.8 Å². The fourth-order valence-electron chi connectivity index (χ4n) is 4.98. The summed E-state index contributed by atoms with van der Waals surface area (Å²) in [5, 5.41) is 21.2. The fraction of sp³-hybridized carbons (Fsp3) is 0.250. The number of H-pyrrole nitrogens is 1. The summed E-state index contributed by atoms with van der Waals surface area (Å²) >= 11 is 0. The number of aromatic amines is 1. The first-order chi connectivity index (χ1) is 26.3. The minimum atomic E-state index is -1.90. The van der Waals surface area contributed by atoms with Crippen LogP contribution in [0.5, 0.6) is 0 Å². The molecule has 0 saturated carbocycles. The lowest BCUT2D eigenvalue weighted by Gasteiger charge is -2.20. The number of hydrogen-bond acceptors (Lipinski definition) is 11. The van der Waals surface area contributed by atoms with E-state index >= 15 is 0 Å². The van der Waals surface area contributed by atoms with Crippen molar-refractivity contribution in [2.75, 3.05) is 26.1 Å². The summed E-state index contributed by atoms with van der Waals surface area (Å²) in [5.74, 6) is -3.44. The van der Waals surface area contributed by atoms with Crippen molar-refractivity contribution in [1.82, 2.24) is 39.5 Å². The van der Waals surface area contributed by atoms with E-state index in [9.17, 15) is 32.3 Å². The summed E-state index contributed by atoms with van der Waals surface area (Å²) in [4.78, 5) is 36.8. The van der Waals surface area contributed by atoms with E-state index in [1.165, 1.54) is 33.3 Å². The molecule has 0 aliphatic heterocycles. The standard InChI is InChI=1S/C20H22F2N6O3.C16H14F2N4O2/c1-20(30,19(23)29)11-25-17-15(22)8-24-18(26-17)16-7-13(10-31-2)28(27-16)9-12-5-3-4-6-14(12)21;1-24-9-11-6-14(15-19-7-13(18)16(23)20-15)21-22(11)8-10-4-2-3-5-12(10)17/h3-8,30H,9-11H2,1-2H3,(H2,23,29)(H,24,25,26);2-7H,8-9H2,1H3,(H,19,20,23). The van der Waals surface area contributed by atoms with Gasteiger partial charge in [0.25, 0.3) is 11.5 Å². The third kappa shape index (κ3) is 10.0. The van der Waals surface area contributed by atoms with Crippen molar-refractivity contribution < 1.29 is 36.9 Å². The number of carbonyl (C=O) groups is 1. The minimum absolute atomic E-state index is 0.0901. The molecular formula is C36H36F4N10O5. The molecule has 288 valence electrons. The first-order valence-electron chi connectivity index (χ1n) is 16.4. The molecule has 0 bridgehead atoms. The zero-order chi connectivity index (χ0) is 39.7. The Morgan fingerprint density at radius 3 is 1.89 bits per heavy atom. The van der Waals surface area contributed by atoms with Gasteiger partial charge in [-0.15, -0.1) is 0 Å². The summed E-state index contributed by atoms with van der Waals surface area (Å²) in [6.45, 7) is 1.63. The number of aromatic nitrogens is 8. The quantitative estimate of drug-likeness (QED) is 0.118. The Bertz CT molecular complexity index is 2330. The molecule has 4 aromatic heterocycles. The topological polar surface area (TPSA) is 201 Å². The summed E-state index contributed by atoms with van der Waals surface area (Å²) < 4.78 is 68.5. The predicted molar refractivity (Wildman–Crippen MR) is 190 cm³/mol. The van der Waals surface area contributed by atoms with E-state index in [-0.39, 0.29) is 61.9 Å². The Morgan fingerprint density at radius 1 is 0.836 bits per heavy atom. The van der Waals surface area contributed by atoms with Gasteiger partial charge in [-0.2, -0.15) is 14.6 Å². The third-order valence-electron chi connectivity index (χ3n) is 7.97. The molecule has 0 radical (unpaired) electrons. The van der Waals surface area contributed by atoms with E-state index in [0.717, 1.165) is 12.4 Å². The van der Waals surface area contributed by atoms with Crippen LogP contribution in [-0.2, 0) is 40.6 Å². The highest BCUT2D eigenvalue weighted by molar-refractivity contribution is 5.83. The number of benzene rings is 2. The van der Waals surface area contributed by atoms with Crippen LogP contribution >= 0.6 is 0 Å². The Kier molecular flexibility index (Phi) is 12.8. The highest BCUT2D eigenvalue weighted by atomic mass is 19.1. The number of nitrogens with two attached hydrogens (primary N) is 1. The van der Waals surface area contributed by atoms with Crippen LogP contribution in [0.25, 0.3) is 23.0 Å². The molecule has 5 N–H and O–H groups in total. The zero-order valence-corrected chi connectivity index (χ0v) is 29.8. The maximum Gasteiger partial charge on any atom is 0.287 e. The maximum atomic E-state index is 14.1. The van der Waals surface area contributed by atoms with E-state index in [2.05, 4.69) is 35.5 Å². The minimum Gasteiger partial charge on any atom is -0.378 e. The molecule has 19 heteroatoms. The van der Waals surface area contributed by atoms with Crippen LogP contribution in [-0.4, -0.2) is 76.9 Å². The van der Waals surface area contributed by atoms with Gasteiger partial charge in [-0.1, -0.05) is 36.4 Å². The summed E-state index contributed by atoms with van der Waals surface area (Å²) in [7, 11) is 3.04. The second kappa shape index (κ2) is 17.7. The molecule has 0 saturated heterocycles. The molecule has 6 rings (SSSR count). The van der Waals surface area contributed by atoms with E-state index < -0.39 is 28.7 Å². The Hall–Kier alpha value is -6.31. The van der Waals surface area contributed by atoms with Crippen LogP contribution in [0, 0.1) is 23.3 Å². The van der Waals surface area contributed by atoms with Crippen LogP contribution < -0.4 is 16.6 Å². The number of primary amides is 1. The van der Waals surface area contributed by atoms with E-state index in [1.54, 1.807) is 57.9 Å². The summed E-state index contributed by atoms with van der Waals surface area (Å²) in [5.41, 5.74) is 5.20. The molecule has 0 aliphatic rings. The van der Waals surface area contributed by atoms with Gasteiger partial charge in [-0.25, -0.2) is 28.1 Å². The van der Waals surface area contributed by atoms with Gasteiger partial charge >= 0.3 is 0 Å². The summed E-state index contributed by atoms with van der Waals surface area (Å²) in [6.07, 6.45) is 1.77. The van der Waals surface area contributed by atoms with Crippen LogP contribution in [0.1, 0.15) is 29.4 Å². The van der Waals surface area contributed by atoms with Crippen molar-refractivity contribution >= 4 is 11.7 Å². The lowest BCUT2D eigenvalue weighted by molar-refractivity contribution is -0.133. The molecular weight excluding hydrogens is 728 g/mol. The monoisotopic (exact) mass is 764 g/mol. The lowest BCUT2D eigenvalue weighted by Crippen LogP contribution is -2.46. The zero-order valence-electron chi connectivity index (χ0n) is 29.8. The maximum absolute atomic E-state index is 14.1. The van der Waals surface area contributed by atoms with Gasteiger partial charge in [0.1, 0.15) is 23.0 Å². The Morgan fingerprint density at radius 2 is 1.36 bits per heavy atom. The van der Waals surface area contributed by atoms with Gasteiger partial charge < -0.3 is 30.6 Å². The number of methoxy groups -OCH3 is 2. The molecule has 55 heavy (non-hydrogen) atoms. The van der Waals surface area contributed by atoms with Gasteiger partial charge in [0.15, 0.2) is 28.9 Å². The largest absolute Gasteiger partial charge is 0.378 e. The number of anilines is 1. The molecule has 6 aromatic rings.